The number of rotatable bonds is 2. The first-order valence-electron chi connectivity index (χ1n) is 4.40. The summed E-state index contributed by atoms with van der Waals surface area (Å²) in [5.74, 6) is 0. The predicted molar refractivity (Wildman–Crippen MR) is 60.0 cm³/mol. The van der Waals surface area contributed by atoms with Crippen LogP contribution in [0.2, 0.25) is 0 Å². The molecule has 1 aromatic carbocycles. The number of hydrogen-bond donors (Lipinski definition) is 1. The summed E-state index contributed by atoms with van der Waals surface area (Å²) >= 11 is 3.43. The third-order valence-corrected chi connectivity index (χ3v) is 2.55. The lowest BCUT2D eigenvalue weighted by molar-refractivity contribution is 0.926. The van der Waals surface area contributed by atoms with Crippen molar-refractivity contribution in [1.82, 2.24) is 9.97 Å². The minimum absolute atomic E-state index is 0.610. The van der Waals surface area contributed by atoms with Gasteiger partial charge in [0.05, 0.1) is 11.2 Å². The molecule has 2 aromatic rings. The molecule has 14 heavy (non-hydrogen) atoms. The number of nitrogens with two attached hydrogens (primary N) is 1. The van der Waals surface area contributed by atoms with Gasteiger partial charge < -0.3 is 5.73 Å². The van der Waals surface area contributed by atoms with Crippen molar-refractivity contribution < 1.29 is 0 Å². The van der Waals surface area contributed by atoms with Gasteiger partial charge in [0.25, 0.3) is 0 Å². The Hall–Kier alpha value is -1.000. The topological polar surface area (TPSA) is 51.8 Å². The zero-order chi connectivity index (χ0) is 9.97. The van der Waals surface area contributed by atoms with E-state index in [4.69, 9.17) is 5.73 Å². The predicted octanol–water partition coefficient (Wildman–Crippen LogP) is 1.89. The third-order valence-electron chi connectivity index (χ3n) is 2.06. The summed E-state index contributed by atoms with van der Waals surface area (Å²) < 4.78 is 1.04. The van der Waals surface area contributed by atoms with Gasteiger partial charge in [0.2, 0.25) is 0 Å². The molecule has 0 fully saturated rings. The van der Waals surface area contributed by atoms with Gasteiger partial charge in [0.1, 0.15) is 6.33 Å². The maximum atomic E-state index is 5.52. The molecule has 0 atom stereocenters. The van der Waals surface area contributed by atoms with Crippen LogP contribution in [0.5, 0.6) is 0 Å². The number of aromatic nitrogens is 2. The second-order valence-corrected chi connectivity index (χ2v) is 3.94. The molecule has 0 spiro atoms. The summed E-state index contributed by atoms with van der Waals surface area (Å²) in [6.45, 7) is 0.610. The Morgan fingerprint density at radius 1 is 1.29 bits per heavy atom. The molecule has 0 saturated carbocycles. The molecular formula is C10H10BrN3. The van der Waals surface area contributed by atoms with Gasteiger partial charge in [-0.3, -0.25) is 0 Å². The zero-order valence-corrected chi connectivity index (χ0v) is 9.16. The molecule has 72 valence electrons. The smallest absolute Gasteiger partial charge is 0.116 e. The normalized spacial score (nSPS) is 10.7. The van der Waals surface area contributed by atoms with E-state index in [1.165, 1.54) is 0 Å². The molecule has 2 rings (SSSR count). The average molecular weight is 252 g/mol. The first-order valence-corrected chi connectivity index (χ1v) is 5.20. The maximum absolute atomic E-state index is 5.52. The number of benzene rings is 1. The SMILES string of the molecule is NCCc1ncnc2ccc(Br)cc12. The quantitative estimate of drug-likeness (QED) is 0.887. The Labute approximate surface area is 90.5 Å². The van der Waals surface area contributed by atoms with Crippen LogP contribution in [-0.2, 0) is 6.42 Å². The van der Waals surface area contributed by atoms with Crippen LogP contribution in [0.4, 0.5) is 0 Å². The van der Waals surface area contributed by atoms with Crippen molar-refractivity contribution in [2.24, 2.45) is 5.73 Å². The van der Waals surface area contributed by atoms with Crippen LogP contribution in [0.15, 0.2) is 29.0 Å². The van der Waals surface area contributed by atoms with Crippen LogP contribution in [0.3, 0.4) is 0 Å². The van der Waals surface area contributed by atoms with Crippen molar-refractivity contribution in [3.05, 3.63) is 34.7 Å². The Balaban J connectivity index is 2.64. The average Bonchev–Trinajstić information content (AvgIpc) is 2.19. The molecule has 4 heteroatoms. The van der Waals surface area contributed by atoms with Gasteiger partial charge in [-0.25, -0.2) is 9.97 Å². The van der Waals surface area contributed by atoms with Gasteiger partial charge in [-0.05, 0) is 24.7 Å². The molecule has 2 N–H and O–H groups in total. The van der Waals surface area contributed by atoms with Crippen LogP contribution in [0, 0.1) is 0 Å². The van der Waals surface area contributed by atoms with Crippen molar-refractivity contribution in [1.29, 1.82) is 0 Å². The third kappa shape index (κ3) is 1.76. The van der Waals surface area contributed by atoms with E-state index in [1.807, 2.05) is 18.2 Å². The number of nitrogens with zero attached hydrogens (tertiary/aromatic N) is 2. The number of fused-ring (bicyclic) bond motifs is 1. The van der Waals surface area contributed by atoms with Gasteiger partial charge >= 0.3 is 0 Å². The van der Waals surface area contributed by atoms with Gasteiger partial charge in [-0.1, -0.05) is 15.9 Å². The van der Waals surface area contributed by atoms with E-state index in [0.717, 1.165) is 27.5 Å². The van der Waals surface area contributed by atoms with E-state index in [1.54, 1.807) is 6.33 Å². The fourth-order valence-corrected chi connectivity index (χ4v) is 1.78. The number of halogens is 1. The van der Waals surface area contributed by atoms with Crippen LogP contribution in [0.1, 0.15) is 5.69 Å². The fraction of sp³-hybridized carbons (Fsp3) is 0.200. The van der Waals surface area contributed by atoms with E-state index in [-0.39, 0.29) is 0 Å². The van der Waals surface area contributed by atoms with Gasteiger partial charge in [-0.2, -0.15) is 0 Å². The highest BCUT2D eigenvalue weighted by Gasteiger charge is 2.02. The molecule has 0 bridgehead atoms. The largest absolute Gasteiger partial charge is 0.330 e. The second kappa shape index (κ2) is 4.02. The van der Waals surface area contributed by atoms with Crippen LogP contribution < -0.4 is 5.73 Å². The van der Waals surface area contributed by atoms with Crippen molar-refractivity contribution in [2.75, 3.05) is 6.54 Å². The molecule has 0 radical (unpaired) electrons. The molecule has 1 heterocycles. The van der Waals surface area contributed by atoms with Crippen LogP contribution in [-0.4, -0.2) is 16.5 Å². The highest BCUT2D eigenvalue weighted by atomic mass is 79.9. The van der Waals surface area contributed by atoms with E-state index in [9.17, 15) is 0 Å². The van der Waals surface area contributed by atoms with Crippen molar-refractivity contribution in [3.8, 4) is 0 Å². The monoisotopic (exact) mass is 251 g/mol. The summed E-state index contributed by atoms with van der Waals surface area (Å²) in [4.78, 5) is 8.42. The molecule has 0 aliphatic heterocycles. The molecule has 0 saturated heterocycles. The minimum Gasteiger partial charge on any atom is -0.330 e. The highest BCUT2D eigenvalue weighted by molar-refractivity contribution is 9.10. The highest BCUT2D eigenvalue weighted by Crippen LogP contribution is 2.20. The summed E-state index contributed by atoms with van der Waals surface area (Å²) in [6.07, 6.45) is 2.37. The summed E-state index contributed by atoms with van der Waals surface area (Å²) in [7, 11) is 0. The van der Waals surface area contributed by atoms with E-state index >= 15 is 0 Å². The van der Waals surface area contributed by atoms with E-state index < -0.39 is 0 Å². The van der Waals surface area contributed by atoms with Crippen molar-refractivity contribution in [3.63, 3.8) is 0 Å². The van der Waals surface area contributed by atoms with Gasteiger partial charge in [-0.15, -0.1) is 0 Å². The van der Waals surface area contributed by atoms with E-state index in [0.29, 0.717) is 6.54 Å². The zero-order valence-electron chi connectivity index (χ0n) is 7.57. The van der Waals surface area contributed by atoms with Crippen molar-refractivity contribution >= 4 is 26.8 Å². The lowest BCUT2D eigenvalue weighted by Gasteiger charge is -2.03. The summed E-state index contributed by atoms with van der Waals surface area (Å²) in [6, 6.07) is 5.98. The maximum Gasteiger partial charge on any atom is 0.116 e. The lowest BCUT2D eigenvalue weighted by Crippen LogP contribution is -2.05. The van der Waals surface area contributed by atoms with E-state index in [2.05, 4.69) is 25.9 Å². The molecule has 3 nitrogen and oxygen atoms in total. The second-order valence-electron chi connectivity index (χ2n) is 3.02. The van der Waals surface area contributed by atoms with Crippen LogP contribution >= 0.6 is 15.9 Å². The Morgan fingerprint density at radius 2 is 2.14 bits per heavy atom. The lowest BCUT2D eigenvalue weighted by atomic mass is 10.1. The standard InChI is InChI=1S/C10H10BrN3/c11-7-1-2-9-8(5-7)10(3-4-12)14-6-13-9/h1-2,5-6H,3-4,12H2. The first kappa shape index (κ1) is 9.55. The van der Waals surface area contributed by atoms with Crippen LogP contribution in [0.25, 0.3) is 10.9 Å². The molecule has 0 aliphatic rings. The summed E-state index contributed by atoms with van der Waals surface area (Å²) in [5.41, 5.74) is 7.49. The Kier molecular flexibility index (Phi) is 2.74. The van der Waals surface area contributed by atoms with Gasteiger partial charge in [0.15, 0.2) is 0 Å². The first-order chi connectivity index (χ1) is 6.81. The molecular weight excluding hydrogens is 242 g/mol. The fourth-order valence-electron chi connectivity index (χ4n) is 1.42. The minimum atomic E-state index is 0.610. The Bertz CT molecular complexity index is 456. The molecule has 1 aromatic heterocycles. The molecule has 0 unspecified atom stereocenters. The Morgan fingerprint density at radius 3 is 2.93 bits per heavy atom. The van der Waals surface area contributed by atoms with Gasteiger partial charge in [0, 0.05) is 16.3 Å². The number of hydrogen-bond acceptors (Lipinski definition) is 3. The van der Waals surface area contributed by atoms with Crippen molar-refractivity contribution in [2.45, 2.75) is 6.42 Å². The molecule has 0 amide bonds. The molecule has 0 aliphatic carbocycles. The summed E-state index contributed by atoms with van der Waals surface area (Å²) in [5, 5.41) is 1.08.